The van der Waals surface area contributed by atoms with Crippen molar-refractivity contribution < 1.29 is 44.3 Å². The van der Waals surface area contributed by atoms with Crippen molar-refractivity contribution in [1.29, 1.82) is 0 Å². The van der Waals surface area contributed by atoms with Gasteiger partial charge in [0.15, 0.2) is 0 Å². The number of carboxylic acid groups (broad SMARTS) is 1. The van der Waals surface area contributed by atoms with Crippen molar-refractivity contribution in [2.24, 2.45) is 5.73 Å². The largest absolute Gasteiger partial charge is 1.00 e. The summed E-state index contributed by atoms with van der Waals surface area (Å²) in [4.78, 5) is 20.1. The molecule has 0 rings (SSSR count). The molecular formula is C16H32NNaO3. The van der Waals surface area contributed by atoms with Gasteiger partial charge in [-0.25, -0.2) is 0 Å². The van der Waals surface area contributed by atoms with Crippen LogP contribution in [0, 0.1) is 6.92 Å². The summed E-state index contributed by atoms with van der Waals surface area (Å²) in [5.41, 5.74) is 4.84. The van der Waals surface area contributed by atoms with E-state index in [4.69, 9.17) is 10.8 Å². The van der Waals surface area contributed by atoms with Crippen LogP contribution in [-0.2, 0) is 9.59 Å². The van der Waals surface area contributed by atoms with E-state index in [1.165, 1.54) is 58.3 Å². The predicted octanol–water partition coefficient (Wildman–Crippen LogP) is 0.733. The zero-order valence-corrected chi connectivity index (χ0v) is 16.2. The van der Waals surface area contributed by atoms with Gasteiger partial charge in [0.25, 0.3) is 0 Å². The maximum absolute atomic E-state index is 10.5. The smallest absolute Gasteiger partial charge is 0.480 e. The van der Waals surface area contributed by atoms with E-state index < -0.39 is 12.0 Å². The van der Waals surface area contributed by atoms with E-state index in [1.54, 1.807) is 0 Å². The maximum atomic E-state index is 10.5. The average molecular weight is 309 g/mol. The molecule has 0 radical (unpaired) electrons. The van der Waals surface area contributed by atoms with Gasteiger partial charge in [-0.3, -0.25) is 4.79 Å². The molecule has 5 heteroatoms. The molecule has 0 aliphatic heterocycles. The first kappa shape index (κ1) is 25.9. The van der Waals surface area contributed by atoms with Gasteiger partial charge < -0.3 is 22.6 Å². The second-order valence-electron chi connectivity index (χ2n) is 5.24. The summed E-state index contributed by atoms with van der Waals surface area (Å²) in [6.07, 6.45) is 12.4. The summed E-state index contributed by atoms with van der Waals surface area (Å²) in [6.45, 7) is 7.03. The van der Waals surface area contributed by atoms with Crippen molar-refractivity contribution in [2.75, 3.05) is 0 Å². The summed E-state index contributed by atoms with van der Waals surface area (Å²) in [6, 6.07) is -0.731. The van der Waals surface area contributed by atoms with Crippen LogP contribution in [0.25, 0.3) is 0 Å². The molecular weight excluding hydrogens is 277 g/mol. The first-order chi connectivity index (χ1) is 9.41. The molecule has 0 saturated carbocycles. The maximum Gasteiger partial charge on any atom is 1.00 e. The molecule has 0 spiro atoms. The standard InChI is InChI=1S/C13H25O.C3H7NO2.Na/c1-3-4-5-6-7-8-9-10-11-12-13(2)14;1-2(4)3(5)6;/h2-12H2,1H3;2H,4H2,1H3,(H,5,6);/q-1;;+1. The molecule has 0 saturated heterocycles. The number of Topliss-reactive ketones (excluding diaryl/α,β-unsaturated/α-hetero) is 1. The topological polar surface area (TPSA) is 80.4 Å². The minimum atomic E-state index is -0.963. The van der Waals surface area contributed by atoms with Gasteiger partial charge in [-0.15, -0.1) is 0 Å². The van der Waals surface area contributed by atoms with Gasteiger partial charge in [0.05, 0.1) is 0 Å². The third-order valence-electron chi connectivity index (χ3n) is 2.95. The number of nitrogens with two attached hydrogens (primary N) is 1. The van der Waals surface area contributed by atoms with Gasteiger partial charge in [0, 0.05) is 0 Å². The molecule has 1 unspecified atom stereocenters. The number of hydrogen-bond donors (Lipinski definition) is 2. The second-order valence-corrected chi connectivity index (χ2v) is 5.24. The zero-order valence-electron chi connectivity index (χ0n) is 14.2. The van der Waals surface area contributed by atoms with Crippen LogP contribution in [0.15, 0.2) is 0 Å². The number of carbonyl (C=O) groups is 2. The quantitative estimate of drug-likeness (QED) is 0.335. The SMILES string of the molecule is CC(N)C(=O)O.[CH2-]C(=O)CCCCCCCCCCC.[Na+]. The van der Waals surface area contributed by atoms with E-state index in [-0.39, 0.29) is 35.3 Å². The molecule has 0 aliphatic rings. The summed E-state index contributed by atoms with van der Waals surface area (Å²) < 4.78 is 0. The van der Waals surface area contributed by atoms with Crippen LogP contribution in [0.5, 0.6) is 0 Å². The first-order valence-corrected chi connectivity index (χ1v) is 7.75. The Morgan fingerprint density at radius 3 is 1.62 bits per heavy atom. The molecule has 0 aliphatic carbocycles. The Bertz CT molecular complexity index is 246. The van der Waals surface area contributed by atoms with Gasteiger partial charge >= 0.3 is 35.5 Å². The van der Waals surface area contributed by atoms with Gasteiger partial charge in [-0.1, -0.05) is 58.3 Å². The Morgan fingerprint density at radius 1 is 1.00 bits per heavy atom. The van der Waals surface area contributed by atoms with E-state index in [0.717, 1.165) is 6.42 Å². The van der Waals surface area contributed by atoms with Crippen molar-refractivity contribution in [3.05, 3.63) is 6.92 Å². The Labute approximate surface area is 152 Å². The van der Waals surface area contributed by atoms with Crippen LogP contribution in [0.3, 0.4) is 0 Å². The minimum Gasteiger partial charge on any atom is -0.480 e. The fourth-order valence-corrected chi connectivity index (χ4v) is 1.63. The average Bonchev–Trinajstić information content (AvgIpc) is 2.37. The van der Waals surface area contributed by atoms with E-state index >= 15 is 0 Å². The number of carbonyl (C=O) groups excluding carboxylic acids is 1. The summed E-state index contributed by atoms with van der Waals surface area (Å²) in [5, 5.41) is 7.87. The van der Waals surface area contributed by atoms with E-state index in [0.29, 0.717) is 6.42 Å². The predicted molar refractivity (Wildman–Crippen MR) is 83.5 cm³/mol. The Balaban J connectivity index is -0.000000394. The first-order valence-electron chi connectivity index (χ1n) is 7.75. The fraction of sp³-hybridized carbons (Fsp3) is 0.812. The van der Waals surface area contributed by atoms with Gasteiger partial charge in [-0.2, -0.15) is 0 Å². The number of rotatable bonds is 11. The Kier molecular flexibility index (Phi) is 24.6. The van der Waals surface area contributed by atoms with Crippen molar-refractivity contribution in [3.8, 4) is 0 Å². The van der Waals surface area contributed by atoms with Crippen LogP contribution in [0.4, 0.5) is 0 Å². The van der Waals surface area contributed by atoms with Crippen LogP contribution in [-0.4, -0.2) is 22.9 Å². The van der Waals surface area contributed by atoms with Gasteiger partial charge in [0.2, 0.25) is 0 Å². The minimum absolute atomic E-state index is 0. The van der Waals surface area contributed by atoms with Crippen LogP contribution in [0.2, 0.25) is 0 Å². The van der Waals surface area contributed by atoms with Gasteiger partial charge in [0.1, 0.15) is 6.04 Å². The Morgan fingerprint density at radius 2 is 1.33 bits per heavy atom. The molecule has 0 aromatic carbocycles. The van der Waals surface area contributed by atoms with Crippen LogP contribution >= 0.6 is 0 Å². The van der Waals surface area contributed by atoms with Crippen LogP contribution < -0.4 is 35.3 Å². The molecule has 0 bridgehead atoms. The number of carboxylic acids is 1. The summed E-state index contributed by atoms with van der Waals surface area (Å²) >= 11 is 0. The second kappa shape index (κ2) is 20.0. The molecule has 4 nitrogen and oxygen atoms in total. The van der Waals surface area contributed by atoms with Crippen molar-refractivity contribution in [1.82, 2.24) is 0 Å². The fourth-order valence-electron chi connectivity index (χ4n) is 1.63. The third-order valence-corrected chi connectivity index (χ3v) is 2.95. The van der Waals surface area contributed by atoms with Crippen molar-refractivity contribution >= 4 is 11.8 Å². The number of unbranched alkanes of at least 4 members (excludes halogenated alkanes) is 8. The molecule has 0 fully saturated rings. The Hall–Kier alpha value is -0.0300. The number of hydrogen-bond acceptors (Lipinski definition) is 3. The van der Waals surface area contributed by atoms with Gasteiger partial charge in [-0.05, 0) is 25.5 Å². The molecule has 0 amide bonds. The van der Waals surface area contributed by atoms with Crippen molar-refractivity contribution in [3.63, 3.8) is 0 Å². The number of aliphatic carboxylic acids is 1. The van der Waals surface area contributed by atoms with E-state index in [9.17, 15) is 9.59 Å². The molecule has 21 heavy (non-hydrogen) atoms. The molecule has 0 heterocycles. The molecule has 120 valence electrons. The van der Waals surface area contributed by atoms with Crippen molar-refractivity contribution in [2.45, 2.75) is 84.1 Å². The van der Waals surface area contributed by atoms with E-state index in [2.05, 4.69) is 13.8 Å². The molecule has 0 aromatic rings. The van der Waals surface area contributed by atoms with E-state index in [1.807, 2.05) is 0 Å². The molecule has 0 aromatic heterocycles. The number of ketones is 1. The summed E-state index contributed by atoms with van der Waals surface area (Å²) in [5.74, 6) is -0.872. The molecule has 3 N–H and O–H groups in total. The normalized spacial score (nSPS) is 10.8. The summed E-state index contributed by atoms with van der Waals surface area (Å²) in [7, 11) is 0. The molecule has 1 atom stereocenters. The monoisotopic (exact) mass is 309 g/mol. The van der Waals surface area contributed by atoms with Crippen LogP contribution in [0.1, 0.15) is 78.1 Å². The zero-order chi connectivity index (χ0) is 15.8. The third kappa shape index (κ3) is 28.8.